The van der Waals surface area contributed by atoms with E-state index in [1.165, 1.54) is 42.3 Å². The molecule has 0 saturated heterocycles. The molecule has 0 bridgehead atoms. The van der Waals surface area contributed by atoms with Gasteiger partial charge in [0.25, 0.3) is 5.91 Å². The number of nitrogens with one attached hydrogen (secondary N) is 1. The van der Waals surface area contributed by atoms with E-state index in [2.05, 4.69) is 4.72 Å². The van der Waals surface area contributed by atoms with Crippen LogP contribution in [0, 0.1) is 5.82 Å². The van der Waals surface area contributed by atoms with Crippen molar-refractivity contribution in [1.82, 2.24) is 4.90 Å². The van der Waals surface area contributed by atoms with Crippen LogP contribution in [-0.4, -0.2) is 45.1 Å². The van der Waals surface area contributed by atoms with Gasteiger partial charge in [0, 0.05) is 24.8 Å². The molecule has 0 saturated carbocycles. The lowest BCUT2D eigenvalue weighted by molar-refractivity contribution is -0.133. The Balaban J connectivity index is 1.94. The van der Waals surface area contributed by atoms with Crippen molar-refractivity contribution in [2.24, 2.45) is 0 Å². The number of rotatable bonds is 7. The van der Waals surface area contributed by atoms with E-state index < -0.39 is 34.3 Å². The summed E-state index contributed by atoms with van der Waals surface area (Å²) in [6.07, 6.45) is 0.988. The number of halogens is 1. The molecule has 0 aliphatic rings. The summed E-state index contributed by atoms with van der Waals surface area (Å²) in [5.41, 5.74) is 0.641. The van der Waals surface area contributed by atoms with Crippen LogP contribution in [0.5, 0.6) is 0 Å². The molecule has 0 atom stereocenters. The largest absolute Gasteiger partial charge is 0.452 e. The number of esters is 1. The summed E-state index contributed by atoms with van der Waals surface area (Å²) in [7, 11) is -2.01. The molecule has 0 fully saturated rings. The zero-order valence-corrected chi connectivity index (χ0v) is 15.6. The SMILES string of the molecule is CN(Cc1ccccc1F)C(=O)COC(=O)c1cccc(NS(C)(=O)=O)c1. The fourth-order valence-corrected chi connectivity index (χ4v) is 2.77. The summed E-state index contributed by atoms with van der Waals surface area (Å²) in [5.74, 6) is -1.71. The highest BCUT2D eigenvalue weighted by atomic mass is 32.2. The first-order valence-electron chi connectivity index (χ1n) is 7.88. The van der Waals surface area contributed by atoms with E-state index in [0.717, 1.165) is 6.26 Å². The lowest BCUT2D eigenvalue weighted by Gasteiger charge is -2.17. The average molecular weight is 394 g/mol. The van der Waals surface area contributed by atoms with Gasteiger partial charge in [-0.1, -0.05) is 24.3 Å². The molecule has 144 valence electrons. The van der Waals surface area contributed by atoms with E-state index in [9.17, 15) is 22.4 Å². The minimum Gasteiger partial charge on any atom is -0.452 e. The molecule has 2 aromatic carbocycles. The van der Waals surface area contributed by atoms with Gasteiger partial charge < -0.3 is 9.64 Å². The van der Waals surface area contributed by atoms with E-state index in [0.29, 0.717) is 5.56 Å². The highest BCUT2D eigenvalue weighted by Crippen LogP contribution is 2.13. The zero-order chi connectivity index (χ0) is 20.0. The van der Waals surface area contributed by atoms with E-state index in [-0.39, 0.29) is 17.8 Å². The molecular weight excluding hydrogens is 375 g/mol. The summed E-state index contributed by atoms with van der Waals surface area (Å²) in [6.45, 7) is -0.482. The fraction of sp³-hybridized carbons (Fsp3) is 0.222. The normalized spacial score (nSPS) is 10.9. The van der Waals surface area contributed by atoms with Gasteiger partial charge in [-0.3, -0.25) is 9.52 Å². The van der Waals surface area contributed by atoms with Crippen molar-refractivity contribution in [2.45, 2.75) is 6.54 Å². The van der Waals surface area contributed by atoms with Crippen LogP contribution < -0.4 is 4.72 Å². The van der Waals surface area contributed by atoms with Gasteiger partial charge in [-0.2, -0.15) is 0 Å². The average Bonchev–Trinajstić information content (AvgIpc) is 2.60. The van der Waals surface area contributed by atoms with Gasteiger partial charge >= 0.3 is 5.97 Å². The highest BCUT2D eigenvalue weighted by molar-refractivity contribution is 7.92. The molecule has 2 rings (SSSR count). The summed E-state index contributed by atoms with van der Waals surface area (Å²) < 4.78 is 43.3. The lowest BCUT2D eigenvalue weighted by atomic mass is 10.2. The van der Waals surface area contributed by atoms with E-state index in [4.69, 9.17) is 4.74 Å². The number of carbonyl (C=O) groups is 2. The number of amides is 1. The zero-order valence-electron chi connectivity index (χ0n) is 14.8. The van der Waals surface area contributed by atoms with E-state index in [1.54, 1.807) is 18.2 Å². The van der Waals surface area contributed by atoms with E-state index in [1.807, 2.05) is 0 Å². The van der Waals surface area contributed by atoms with Gasteiger partial charge in [-0.25, -0.2) is 17.6 Å². The van der Waals surface area contributed by atoms with Gasteiger partial charge in [0.1, 0.15) is 5.82 Å². The van der Waals surface area contributed by atoms with E-state index >= 15 is 0 Å². The molecule has 0 spiro atoms. The maximum Gasteiger partial charge on any atom is 0.338 e. The predicted octanol–water partition coefficient (Wildman–Crippen LogP) is 2.01. The van der Waals surface area contributed by atoms with Gasteiger partial charge in [0.05, 0.1) is 11.8 Å². The molecule has 7 nitrogen and oxygen atoms in total. The van der Waals surface area contributed by atoms with Gasteiger partial charge in [-0.05, 0) is 24.3 Å². The van der Waals surface area contributed by atoms with Crippen LogP contribution in [0.25, 0.3) is 0 Å². The van der Waals surface area contributed by atoms with Crippen LogP contribution in [0.15, 0.2) is 48.5 Å². The molecular formula is C18H19FN2O5S. The Morgan fingerprint density at radius 1 is 1.15 bits per heavy atom. The van der Waals surface area contributed by atoms with Gasteiger partial charge in [0.2, 0.25) is 10.0 Å². The van der Waals surface area contributed by atoms with Crippen LogP contribution >= 0.6 is 0 Å². The minimum atomic E-state index is -3.48. The lowest BCUT2D eigenvalue weighted by Crippen LogP contribution is -2.31. The third-order valence-corrected chi connectivity index (χ3v) is 4.13. The van der Waals surface area contributed by atoms with Crippen molar-refractivity contribution in [3.8, 4) is 0 Å². The smallest absolute Gasteiger partial charge is 0.338 e. The maximum absolute atomic E-state index is 13.6. The topological polar surface area (TPSA) is 92.8 Å². The number of ether oxygens (including phenoxy) is 1. The Labute approximate surface area is 156 Å². The monoisotopic (exact) mass is 394 g/mol. The Kier molecular flexibility index (Phi) is 6.51. The molecule has 0 heterocycles. The summed E-state index contributed by atoms with van der Waals surface area (Å²) in [6, 6.07) is 11.8. The standard InChI is InChI=1S/C18H19FN2O5S/c1-21(11-14-6-3-4-9-16(14)19)17(22)12-26-18(23)13-7-5-8-15(10-13)20-27(2,24)25/h3-10,20H,11-12H2,1-2H3. The first-order valence-corrected chi connectivity index (χ1v) is 9.77. The number of likely N-dealkylation sites (N-methyl/N-ethyl adjacent to an activating group) is 1. The molecule has 0 aliphatic heterocycles. The molecule has 0 radical (unpaired) electrons. The van der Waals surface area contributed by atoms with Gasteiger partial charge in [-0.15, -0.1) is 0 Å². The number of nitrogens with zero attached hydrogens (tertiary/aromatic N) is 1. The number of hydrogen-bond donors (Lipinski definition) is 1. The molecule has 0 unspecified atom stereocenters. The van der Waals surface area contributed by atoms with Crippen LogP contribution in [0.1, 0.15) is 15.9 Å². The van der Waals surface area contributed by atoms with Crippen molar-refractivity contribution >= 4 is 27.6 Å². The Morgan fingerprint density at radius 2 is 1.85 bits per heavy atom. The number of hydrogen-bond acceptors (Lipinski definition) is 5. The fourth-order valence-electron chi connectivity index (χ4n) is 2.21. The Hall–Kier alpha value is -2.94. The third-order valence-electron chi connectivity index (χ3n) is 3.52. The third kappa shape index (κ3) is 6.37. The van der Waals surface area contributed by atoms with Crippen molar-refractivity contribution in [1.29, 1.82) is 0 Å². The van der Waals surface area contributed by atoms with Crippen LogP contribution in [0.2, 0.25) is 0 Å². The van der Waals surface area contributed by atoms with Crippen LogP contribution in [0.3, 0.4) is 0 Å². The molecule has 2 aromatic rings. The quantitative estimate of drug-likeness (QED) is 0.725. The van der Waals surface area contributed by atoms with Crippen molar-refractivity contribution in [2.75, 3.05) is 24.6 Å². The molecule has 0 aliphatic carbocycles. The first kappa shape index (κ1) is 20.4. The molecule has 27 heavy (non-hydrogen) atoms. The highest BCUT2D eigenvalue weighted by Gasteiger charge is 2.15. The van der Waals surface area contributed by atoms with Gasteiger partial charge in [0.15, 0.2) is 6.61 Å². The summed E-state index contributed by atoms with van der Waals surface area (Å²) in [5, 5.41) is 0. The second kappa shape index (κ2) is 8.63. The molecule has 1 N–H and O–H groups in total. The number of sulfonamides is 1. The number of carbonyl (C=O) groups excluding carboxylic acids is 2. The van der Waals surface area contributed by atoms with Crippen molar-refractivity contribution in [3.05, 3.63) is 65.5 Å². The second-order valence-electron chi connectivity index (χ2n) is 5.87. The number of anilines is 1. The minimum absolute atomic E-state index is 0.0385. The summed E-state index contributed by atoms with van der Waals surface area (Å²) in [4.78, 5) is 25.4. The predicted molar refractivity (Wildman–Crippen MR) is 98.1 cm³/mol. The maximum atomic E-state index is 13.6. The Bertz CT molecular complexity index is 946. The van der Waals surface area contributed by atoms with Crippen molar-refractivity contribution in [3.63, 3.8) is 0 Å². The second-order valence-corrected chi connectivity index (χ2v) is 7.62. The van der Waals surface area contributed by atoms with Crippen molar-refractivity contribution < 1.29 is 27.1 Å². The van der Waals surface area contributed by atoms with Crippen LogP contribution in [0.4, 0.5) is 10.1 Å². The summed E-state index contributed by atoms with van der Waals surface area (Å²) >= 11 is 0. The molecule has 1 amide bonds. The first-order chi connectivity index (χ1) is 12.7. The number of benzene rings is 2. The molecule has 9 heteroatoms. The van der Waals surface area contributed by atoms with Crippen LogP contribution in [-0.2, 0) is 26.1 Å². The molecule has 0 aromatic heterocycles. The Morgan fingerprint density at radius 3 is 2.52 bits per heavy atom.